The molecule has 0 aromatic heterocycles. The maximum atomic E-state index is 11.7. The first-order valence-corrected chi connectivity index (χ1v) is 7.02. The molecule has 0 aliphatic rings. The van der Waals surface area contributed by atoms with Crippen LogP contribution in [0, 0.1) is 13.8 Å². The minimum absolute atomic E-state index is 0.424. The molecule has 2 aromatic rings. The van der Waals surface area contributed by atoms with Gasteiger partial charge in [-0.15, -0.1) is 0 Å². The first kappa shape index (κ1) is 16.5. The summed E-state index contributed by atoms with van der Waals surface area (Å²) in [5, 5.41) is 0. The van der Waals surface area contributed by atoms with Crippen molar-refractivity contribution in [3.63, 3.8) is 0 Å². The van der Waals surface area contributed by atoms with Crippen LogP contribution in [0.2, 0.25) is 0 Å². The number of rotatable bonds is 4. The van der Waals surface area contributed by atoms with Gasteiger partial charge in [0.2, 0.25) is 0 Å². The molecule has 0 saturated heterocycles. The second kappa shape index (κ2) is 6.96. The molecule has 0 bridgehead atoms. The molecular weight excluding hydrogens is 296 g/mol. The van der Waals surface area contributed by atoms with Gasteiger partial charge in [0, 0.05) is 0 Å². The number of ether oxygens (including phenoxy) is 3. The van der Waals surface area contributed by atoms with Crippen molar-refractivity contribution in [2.75, 3.05) is 14.2 Å². The van der Waals surface area contributed by atoms with Gasteiger partial charge in [-0.1, -0.05) is 12.1 Å². The van der Waals surface area contributed by atoms with Crippen LogP contribution in [0.5, 0.6) is 11.5 Å². The lowest BCUT2D eigenvalue weighted by atomic mass is 10.1. The molecule has 0 amide bonds. The molecule has 5 nitrogen and oxygen atoms in total. The number of hydrogen-bond acceptors (Lipinski definition) is 5. The van der Waals surface area contributed by atoms with Crippen LogP contribution in [0.25, 0.3) is 0 Å². The van der Waals surface area contributed by atoms with Gasteiger partial charge in [-0.05, 0) is 49.2 Å². The van der Waals surface area contributed by atoms with Gasteiger partial charge >= 0.3 is 11.9 Å². The fraction of sp³-hybridized carbons (Fsp3) is 0.222. The molecular formula is C18H18O5. The third-order valence-electron chi connectivity index (χ3n) is 3.46. The van der Waals surface area contributed by atoms with Gasteiger partial charge in [-0.2, -0.15) is 0 Å². The summed E-state index contributed by atoms with van der Waals surface area (Å²) in [6.45, 7) is 3.63. The predicted octanol–water partition coefficient (Wildman–Crippen LogP) is 3.67. The summed E-state index contributed by atoms with van der Waals surface area (Å²) in [7, 11) is 2.66. The number of hydrogen-bond donors (Lipinski definition) is 0. The third-order valence-corrected chi connectivity index (χ3v) is 3.46. The topological polar surface area (TPSA) is 61.8 Å². The zero-order valence-corrected chi connectivity index (χ0v) is 13.5. The van der Waals surface area contributed by atoms with Gasteiger partial charge in [0.15, 0.2) is 0 Å². The van der Waals surface area contributed by atoms with Crippen molar-refractivity contribution < 1.29 is 23.8 Å². The quantitative estimate of drug-likeness (QED) is 0.806. The second-order valence-corrected chi connectivity index (χ2v) is 5.04. The van der Waals surface area contributed by atoms with Crippen molar-refractivity contribution in [3.05, 3.63) is 58.7 Å². The Hall–Kier alpha value is -2.82. The number of benzene rings is 2. The molecule has 0 aliphatic heterocycles. The smallest absolute Gasteiger partial charge is 0.338 e. The molecule has 0 N–H and O–H groups in total. The van der Waals surface area contributed by atoms with Crippen LogP contribution < -0.4 is 4.74 Å². The van der Waals surface area contributed by atoms with Crippen molar-refractivity contribution >= 4 is 11.9 Å². The van der Waals surface area contributed by atoms with Crippen molar-refractivity contribution in [2.45, 2.75) is 13.8 Å². The Bertz CT molecular complexity index is 686. The molecule has 2 aromatic carbocycles. The highest BCUT2D eigenvalue weighted by molar-refractivity contribution is 5.92. The SMILES string of the molecule is COC(=O)c1cc(Oc2ccc(C)c(C(=O)OC)c2)ccc1C. The highest BCUT2D eigenvalue weighted by Crippen LogP contribution is 2.26. The minimum Gasteiger partial charge on any atom is -0.465 e. The lowest BCUT2D eigenvalue weighted by Gasteiger charge is -2.11. The number of carbonyl (C=O) groups is 2. The summed E-state index contributed by atoms with van der Waals surface area (Å²) in [5.41, 5.74) is 2.46. The Balaban J connectivity index is 2.33. The van der Waals surface area contributed by atoms with Crippen LogP contribution in [0.15, 0.2) is 36.4 Å². The maximum absolute atomic E-state index is 11.7. The highest BCUT2D eigenvalue weighted by atomic mass is 16.5. The van der Waals surface area contributed by atoms with Crippen molar-refractivity contribution in [1.82, 2.24) is 0 Å². The fourth-order valence-corrected chi connectivity index (χ4v) is 2.13. The molecule has 5 heteroatoms. The number of carbonyl (C=O) groups excluding carboxylic acids is 2. The van der Waals surface area contributed by atoms with Gasteiger partial charge in [-0.3, -0.25) is 0 Å². The monoisotopic (exact) mass is 314 g/mol. The number of methoxy groups -OCH3 is 2. The molecule has 0 atom stereocenters. The van der Waals surface area contributed by atoms with Crippen LogP contribution in [-0.2, 0) is 9.47 Å². The summed E-state index contributed by atoms with van der Waals surface area (Å²) < 4.78 is 15.2. The van der Waals surface area contributed by atoms with Gasteiger partial charge < -0.3 is 14.2 Å². The molecule has 0 fully saturated rings. The summed E-state index contributed by atoms with van der Waals surface area (Å²) in [5.74, 6) is 0.116. The van der Waals surface area contributed by atoms with E-state index < -0.39 is 11.9 Å². The van der Waals surface area contributed by atoms with Gasteiger partial charge in [-0.25, -0.2) is 9.59 Å². The average Bonchev–Trinajstić information content (AvgIpc) is 2.56. The van der Waals surface area contributed by atoms with Crippen LogP contribution in [0.3, 0.4) is 0 Å². The number of esters is 2. The van der Waals surface area contributed by atoms with E-state index in [4.69, 9.17) is 14.2 Å². The van der Waals surface area contributed by atoms with E-state index in [0.717, 1.165) is 11.1 Å². The van der Waals surface area contributed by atoms with Gasteiger partial charge in [0.25, 0.3) is 0 Å². The highest BCUT2D eigenvalue weighted by Gasteiger charge is 2.13. The van der Waals surface area contributed by atoms with Crippen LogP contribution >= 0.6 is 0 Å². The van der Waals surface area contributed by atoms with E-state index in [1.807, 2.05) is 13.8 Å². The van der Waals surface area contributed by atoms with E-state index in [1.54, 1.807) is 36.4 Å². The summed E-state index contributed by atoms with van der Waals surface area (Å²) in [4.78, 5) is 23.5. The second-order valence-electron chi connectivity index (χ2n) is 5.04. The molecule has 0 heterocycles. The Morgan fingerprint density at radius 3 is 1.48 bits per heavy atom. The molecule has 0 saturated carbocycles. The van der Waals surface area contributed by atoms with E-state index >= 15 is 0 Å². The molecule has 23 heavy (non-hydrogen) atoms. The molecule has 0 spiro atoms. The van der Waals surface area contributed by atoms with Crippen molar-refractivity contribution in [3.8, 4) is 11.5 Å². The molecule has 2 rings (SSSR count). The predicted molar refractivity (Wildman–Crippen MR) is 85.1 cm³/mol. The van der Waals surface area contributed by atoms with Gasteiger partial charge in [0.1, 0.15) is 11.5 Å². The Kier molecular flexibility index (Phi) is 5.01. The summed E-state index contributed by atoms with van der Waals surface area (Å²) in [6, 6.07) is 10.3. The molecule has 0 radical (unpaired) electrons. The van der Waals surface area contributed by atoms with Gasteiger partial charge in [0.05, 0.1) is 25.3 Å². The van der Waals surface area contributed by atoms with Crippen molar-refractivity contribution in [2.24, 2.45) is 0 Å². The van der Waals surface area contributed by atoms with Crippen LogP contribution in [0.4, 0.5) is 0 Å². The van der Waals surface area contributed by atoms with Crippen molar-refractivity contribution in [1.29, 1.82) is 0 Å². The standard InChI is InChI=1S/C18H18O5/c1-11-5-7-13(9-15(11)17(19)21-3)23-14-8-6-12(2)16(10-14)18(20)22-4/h5-10H,1-4H3. The first-order valence-electron chi connectivity index (χ1n) is 7.02. The third kappa shape index (κ3) is 3.69. The van der Waals surface area contributed by atoms with E-state index in [9.17, 15) is 9.59 Å². The first-order chi connectivity index (χ1) is 11.0. The lowest BCUT2D eigenvalue weighted by Crippen LogP contribution is -2.05. The average molecular weight is 314 g/mol. The van der Waals surface area contributed by atoms with Crippen LogP contribution in [-0.4, -0.2) is 26.2 Å². The normalized spacial score (nSPS) is 10.1. The maximum Gasteiger partial charge on any atom is 0.338 e. The zero-order chi connectivity index (χ0) is 17.0. The number of aryl methyl sites for hydroxylation is 2. The zero-order valence-electron chi connectivity index (χ0n) is 13.5. The Labute approximate surface area is 134 Å². The summed E-state index contributed by atoms with van der Waals surface area (Å²) >= 11 is 0. The molecule has 120 valence electrons. The summed E-state index contributed by atoms with van der Waals surface area (Å²) in [6.07, 6.45) is 0. The van der Waals surface area contributed by atoms with E-state index in [0.29, 0.717) is 22.6 Å². The van der Waals surface area contributed by atoms with E-state index in [-0.39, 0.29) is 0 Å². The lowest BCUT2D eigenvalue weighted by molar-refractivity contribution is 0.0591. The largest absolute Gasteiger partial charge is 0.465 e. The van der Waals surface area contributed by atoms with Crippen LogP contribution in [0.1, 0.15) is 31.8 Å². The van der Waals surface area contributed by atoms with E-state index in [2.05, 4.69) is 0 Å². The molecule has 0 unspecified atom stereocenters. The molecule has 0 aliphatic carbocycles. The Morgan fingerprint density at radius 1 is 0.739 bits per heavy atom. The van der Waals surface area contributed by atoms with E-state index in [1.165, 1.54) is 14.2 Å². The Morgan fingerprint density at radius 2 is 1.13 bits per heavy atom. The fourth-order valence-electron chi connectivity index (χ4n) is 2.13. The minimum atomic E-state index is -0.424.